The fraction of sp³-hybridized carbons (Fsp3) is 0.857. The lowest BCUT2D eigenvalue weighted by Gasteiger charge is -2.19. The van der Waals surface area contributed by atoms with Crippen LogP contribution in [0.3, 0.4) is 0 Å². The Morgan fingerprint density at radius 3 is 2.64 bits per heavy atom. The first-order valence-electron chi connectivity index (χ1n) is 3.87. The van der Waals surface area contributed by atoms with Gasteiger partial charge in [0.25, 0.3) is 0 Å². The van der Waals surface area contributed by atoms with Crippen molar-refractivity contribution in [3.63, 3.8) is 0 Å². The van der Waals surface area contributed by atoms with Gasteiger partial charge in [-0.1, -0.05) is 12.2 Å². The van der Waals surface area contributed by atoms with E-state index >= 15 is 0 Å². The Morgan fingerprint density at radius 2 is 2.27 bits per heavy atom. The molecule has 0 amide bonds. The Bertz CT molecular complexity index is 147. The third-order valence-corrected chi connectivity index (χ3v) is 1.94. The lowest BCUT2D eigenvalue weighted by atomic mass is 10.4. The summed E-state index contributed by atoms with van der Waals surface area (Å²) in [4.78, 5) is 2.66. The molecule has 1 saturated carbocycles. The topological polar surface area (TPSA) is 49.5 Å². The van der Waals surface area contributed by atoms with E-state index in [1.165, 1.54) is 12.8 Å². The van der Waals surface area contributed by atoms with Crippen LogP contribution in [0.15, 0.2) is 0 Å². The predicted octanol–water partition coefficient (Wildman–Crippen LogP) is -0.271. The summed E-state index contributed by atoms with van der Waals surface area (Å²) in [7, 11) is 0. The van der Waals surface area contributed by atoms with Gasteiger partial charge in [-0.2, -0.15) is 0 Å². The van der Waals surface area contributed by atoms with Gasteiger partial charge >= 0.3 is 0 Å². The molecule has 64 valence electrons. The van der Waals surface area contributed by atoms with Crippen molar-refractivity contribution in [3.05, 3.63) is 0 Å². The number of aliphatic hydroxyl groups is 1. The van der Waals surface area contributed by atoms with Crippen molar-refractivity contribution in [2.24, 2.45) is 5.73 Å². The molecule has 0 heterocycles. The molecular weight excluding hydrogens is 160 g/mol. The first-order chi connectivity index (χ1) is 5.24. The summed E-state index contributed by atoms with van der Waals surface area (Å²) in [5.74, 6) is 0. The molecule has 0 saturated heterocycles. The summed E-state index contributed by atoms with van der Waals surface area (Å²) < 4.78 is 0. The van der Waals surface area contributed by atoms with Gasteiger partial charge in [0.1, 0.15) is 0 Å². The third-order valence-electron chi connectivity index (χ3n) is 1.81. The third kappa shape index (κ3) is 3.14. The zero-order valence-corrected chi connectivity index (χ0v) is 7.31. The van der Waals surface area contributed by atoms with Crippen LogP contribution in [0.25, 0.3) is 0 Å². The van der Waals surface area contributed by atoms with Crippen molar-refractivity contribution in [2.45, 2.75) is 18.9 Å². The van der Waals surface area contributed by atoms with Crippen molar-refractivity contribution in [1.82, 2.24) is 4.90 Å². The molecule has 0 aromatic rings. The molecule has 1 aliphatic rings. The highest BCUT2D eigenvalue weighted by molar-refractivity contribution is 7.80. The lowest BCUT2D eigenvalue weighted by Crippen LogP contribution is -2.36. The van der Waals surface area contributed by atoms with E-state index in [1.54, 1.807) is 0 Å². The first kappa shape index (κ1) is 8.90. The van der Waals surface area contributed by atoms with Gasteiger partial charge in [0.2, 0.25) is 0 Å². The molecule has 0 bridgehead atoms. The molecule has 0 atom stereocenters. The van der Waals surface area contributed by atoms with E-state index in [4.69, 9.17) is 23.1 Å². The van der Waals surface area contributed by atoms with E-state index in [1.807, 2.05) is 0 Å². The second kappa shape index (κ2) is 3.99. The van der Waals surface area contributed by atoms with Gasteiger partial charge in [0.15, 0.2) is 0 Å². The van der Waals surface area contributed by atoms with Gasteiger partial charge in [-0.05, 0) is 12.8 Å². The highest BCUT2D eigenvalue weighted by atomic mass is 32.1. The van der Waals surface area contributed by atoms with Crippen LogP contribution in [0.4, 0.5) is 0 Å². The maximum Gasteiger partial charge on any atom is 0.0870 e. The molecule has 0 aliphatic heterocycles. The van der Waals surface area contributed by atoms with Crippen LogP contribution in [-0.4, -0.2) is 40.7 Å². The monoisotopic (exact) mass is 174 g/mol. The van der Waals surface area contributed by atoms with Crippen molar-refractivity contribution in [2.75, 3.05) is 19.7 Å². The maximum absolute atomic E-state index is 8.70. The quantitative estimate of drug-likeness (QED) is 0.563. The van der Waals surface area contributed by atoms with Crippen LogP contribution < -0.4 is 5.73 Å². The Labute approximate surface area is 72.2 Å². The van der Waals surface area contributed by atoms with Crippen LogP contribution in [-0.2, 0) is 0 Å². The Morgan fingerprint density at radius 1 is 1.64 bits per heavy atom. The van der Waals surface area contributed by atoms with Gasteiger partial charge in [-0.3, -0.25) is 4.90 Å². The summed E-state index contributed by atoms with van der Waals surface area (Å²) in [6.07, 6.45) is 2.45. The van der Waals surface area contributed by atoms with Crippen molar-refractivity contribution < 1.29 is 5.11 Å². The Balaban J connectivity index is 2.26. The van der Waals surface area contributed by atoms with E-state index in [-0.39, 0.29) is 6.61 Å². The molecule has 11 heavy (non-hydrogen) atoms. The summed E-state index contributed by atoms with van der Waals surface area (Å²) >= 11 is 4.79. The minimum atomic E-state index is 0.194. The predicted molar refractivity (Wildman–Crippen MR) is 48.5 cm³/mol. The number of rotatable bonds is 5. The number of hydrogen-bond donors (Lipinski definition) is 2. The van der Waals surface area contributed by atoms with Crippen molar-refractivity contribution in [1.29, 1.82) is 0 Å². The zero-order valence-electron chi connectivity index (χ0n) is 6.49. The maximum atomic E-state index is 8.70. The van der Waals surface area contributed by atoms with Crippen LogP contribution in [0.1, 0.15) is 12.8 Å². The van der Waals surface area contributed by atoms with Gasteiger partial charge in [-0.25, -0.2) is 0 Å². The number of thiocarbonyl (C=S) groups is 1. The molecule has 1 rings (SSSR count). The largest absolute Gasteiger partial charge is 0.395 e. The normalized spacial score (nSPS) is 17.3. The highest BCUT2D eigenvalue weighted by Crippen LogP contribution is 2.25. The molecule has 3 N–H and O–H groups in total. The van der Waals surface area contributed by atoms with E-state index in [0.717, 1.165) is 0 Å². The summed E-state index contributed by atoms with van der Waals surface area (Å²) in [6.45, 7) is 1.54. The van der Waals surface area contributed by atoms with Gasteiger partial charge in [0.05, 0.1) is 11.6 Å². The molecule has 0 aromatic carbocycles. The fourth-order valence-electron chi connectivity index (χ4n) is 1.16. The zero-order chi connectivity index (χ0) is 8.27. The van der Waals surface area contributed by atoms with Crippen LogP contribution in [0, 0.1) is 0 Å². The summed E-state index contributed by atoms with van der Waals surface area (Å²) in [5.41, 5.74) is 5.40. The van der Waals surface area contributed by atoms with E-state index in [9.17, 15) is 0 Å². The van der Waals surface area contributed by atoms with Crippen LogP contribution in [0.5, 0.6) is 0 Å². The Kier molecular flexibility index (Phi) is 3.23. The molecule has 3 nitrogen and oxygen atoms in total. The van der Waals surface area contributed by atoms with Crippen LogP contribution in [0.2, 0.25) is 0 Å². The lowest BCUT2D eigenvalue weighted by molar-refractivity contribution is 0.206. The average molecular weight is 174 g/mol. The van der Waals surface area contributed by atoms with Gasteiger partial charge in [0, 0.05) is 19.1 Å². The smallest absolute Gasteiger partial charge is 0.0870 e. The summed E-state index contributed by atoms with van der Waals surface area (Å²) in [6, 6.07) is 0.628. The number of hydrogen-bond acceptors (Lipinski definition) is 3. The number of nitrogens with zero attached hydrogens (tertiary/aromatic N) is 1. The second-order valence-corrected chi connectivity index (χ2v) is 3.42. The van der Waals surface area contributed by atoms with Gasteiger partial charge < -0.3 is 10.8 Å². The molecule has 0 unspecified atom stereocenters. The number of nitrogens with two attached hydrogens (primary N) is 1. The van der Waals surface area contributed by atoms with Crippen LogP contribution >= 0.6 is 12.2 Å². The highest BCUT2D eigenvalue weighted by Gasteiger charge is 2.28. The molecule has 1 fully saturated rings. The van der Waals surface area contributed by atoms with E-state index in [0.29, 0.717) is 24.1 Å². The Hall–Kier alpha value is -0.190. The molecular formula is C7H14N2OS. The fourth-order valence-corrected chi connectivity index (χ4v) is 1.32. The van der Waals surface area contributed by atoms with Gasteiger partial charge in [-0.15, -0.1) is 0 Å². The number of aliphatic hydroxyl groups excluding tert-OH is 1. The van der Waals surface area contributed by atoms with E-state index in [2.05, 4.69) is 4.90 Å². The molecule has 0 aromatic heterocycles. The van der Waals surface area contributed by atoms with Crippen molar-refractivity contribution >= 4 is 17.2 Å². The molecule has 4 heteroatoms. The molecule has 0 spiro atoms. The molecule has 1 aliphatic carbocycles. The minimum Gasteiger partial charge on any atom is -0.395 e. The second-order valence-electron chi connectivity index (χ2n) is 2.89. The first-order valence-corrected chi connectivity index (χ1v) is 4.28. The molecule has 0 radical (unpaired) electrons. The standard InChI is InChI=1S/C7H14N2OS/c8-7(11)5-9(3-4-10)6-1-2-6/h6,10H,1-5H2,(H2,8,11). The SMILES string of the molecule is NC(=S)CN(CCO)C1CC1. The average Bonchev–Trinajstić information content (AvgIpc) is 2.66. The minimum absolute atomic E-state index is 0.194. The van der Waals surface area contributed by atoms with E-state index < -0.39 is 0 Å². The van der Waals surface area contributed by atoms with Crippen molar-refractivity contribution in [3.8, 4) is 0 Å². The summed E-state index contributed by atoms with van der Waals surface area (Å²) in [5, 5.41) is 8.70.